The topological polar surface area (TPSA) is 41.4 Å². The molecule has 0 aliphatic carbocycles. The third kappa shape index (κ3) is 3.48. The molecule has 0 saturated carbocycles. The quantitative estimate of drug-likeness (QED) is 0.869. The van der Waals surface area contributed by atoms with Crippen molar-refractivity contribution in [1.29, 1.82) is 0 Å². The maximum atomic E-state index is 12.3. The molecule has 3 rings (SSSR count). The Morgan fingerprint density at radius 1 is 1.27 bits per heavy atom. The molecule has 0 unspecified atom stereocenters. The Kier molecular flexibility index (Phi) is 4.45. The van der Waals surface area contributed by atoms with Crippen LogP contribution in [0.1, 0.15) is 16.1 Å². The Morgan fingerprint density at radius 2 is 2.05 bits per heavy atom. The van der Waals surface area contributed by atoms with E-state index in [9.17, 15) is 4.79 Å². The normalized spacial score (nSPS) is 16.0. The van der Waals surface area contributed by atoms with Gasteiger partial charge in [-0.2, -0.15) is 0 Å². The lowest BCUT2D eigenvalue weighted by molar-refractivity contribution is 0.0623. The second kappa shape index (κ2) is 6.50. The van der Waals surface area contributed by atoms with Crippen molar-refractivity contribution >= 4 is 17.5 Å². The molecule has 1 aromatic heterocycles. The number of aryl methyl sites for hydroxylation is 1. The SMILES string of the molecule is Cn1cnc(C(=O)N2CCN(Cc3cccc(Cl)c3)CC2)c1. The van der Waals surface area contributed by atoms with E-state index >= 15 is 0 Å². The fourth-order valence-corrected chi connectivity index (χ4v) is 2.90. The number of carbonyl (C=O) groups excluding carboxylic acids is 1. The van der Waals surface area contributed by atoms with Crippen molar-refractivity contribution in [2.45, 2.75) is 6.54 Å². The second-order valence-corrected chi connectivity index (χ2v) is 6.06. The lowest BCUT2D eigenvalue weighted by atomic mass is 10.2. The summed E-state index contributed by atoms with van der Waals surface area (Å²) >= 11 is 6.02. The van der Waals surface area contributed by atoms with E-state index in [1.807, 2.05) is 30.1 Å². The Hall–Kier alpha value is -1.85. The summed E-state index contributed by atoms with van der Waals surface area (Å²) < 4.78 is 1.79. The van der Waals surface area contributed by atoms with Crippen LogP contribution in [-0.4, -0.2) is 51.4 Å². The molecule has 2 heterocycles. The molecular weight excluding hydrogens is 300 g/mol. The monoisotopic (exact) mass is 318 g/mol. The minimum atomic E-state index is 0.0167. The highest BCUT2D eigenvalue weighted by Crippen LogP contribution is 2.14. The van der Waals surface area contributed by atoms with E-state index in [2.05, 4.69) is 16.0 Å². The highest BCUT2D eigenvalue weighted by Gasteiger charge is 2.23. The molecule has 1 aliphatic heterocycles. The van der Waals surface area contributed by atoms with Gasteiger partial charge in [0.1, 0.15) is 5.69 Å². The number of benzene rings is 1. The summed E-state index contributed by atoms with van der Waals surface area (Å²) in [5.41, 5.74) is 1.72. The van der Waals surface area contributed by atoms with E-state index in [1.165, 1.54) is 5.56 Å². The molecule has 0 N–H and O–H groups in total. The van der Waals surface area contributed by atoms with E-state index < -0.39 is 0 Å². The van der Waals surface area contributed by atoms with E-state index in [1.54, 1.807) is 17.1 Å². The van der Waals surface area contributed by atoms with Gasteiger partial charge in [0.25, 0.3) is 5.91 Å². The van der Waals surface area contributed by atoms with Crippen LogP contribution >= 0.6 is 11.6 Å². The number of hydrogen-bond donors (Lipinski definition) is 0. The van der Waals surface area contributed by atoms with Gasteiger partial charge in [0.15, 0.2) is 0 Å². The summed E-state index contributed by atoms with van der Waals surface area (Å²) in [4.78, 5) is 20.7. The lowest BCUT2D eigenvalue weighted by Crippen LogP contribution is -2.48. The van der Waals surface area contributed by atoms with E-state index in [4.69, 9.17) is 11.6 Å². The van der Waals surface area contributed by atoms with Crippen LogP contribution in [0.4, 0.5) is 0 Å². The number of nitrogens with zero attached hydrogens (tertiary/aromatic N) is 4. The summed E-state index contributed by atoms with van der Waals surface area (Å²) in [7, 11) is 1.87. The molecule has 0 radical (unpaired) electrons. The molecule has 0 atom stereocenters. The molecule has 1 aromatic carbocycles. The molecule has 2 aromatic rings. The van der Waals surface area contributed by atoms with Crippen molar-refractivity contribution in [2.75, 3.05) is 26.2 Å². The van der Waals surface area contributed by atoms with Crippen molar-refractivity contribution < 1.29 is 4.79 Å². The molecule has 1 saturated heterocycles. The molecule has 0 spiro atoms. The first-order chi connectivity index (χ1) is 10.6. The summed E-state index contributed by atoms with van der Waals surface area (Å²) in [5, 5.41) is 0.765. The molecule has 1 aliphatic rings. The smallest absolute Gasteiger partial charge is 0.274 e. The summed E-state index contributed by atoms with van der Waals surface area (Å²) in [6, 6.07) is 7.93. The number of hydrogen-bond acceptors (Lipinski definition) is 3. The lowest BCUT2D eigenvalue weighted by Gasteiger charge is -2.34. The van der Waals surface area contributed by atoms with Crippen LogP contribution in [0.5, 0.6) is 0 Å². The Bertz CT molecular complexity index is 662. The van der Waals surface area contributed by atoms with Crippen LogP contribution in [-0.2, 0) is 13.6 Å². The van der Waals surface area contributed by atoms with Crippen LogP contribution in [0.3, 0.4) is 0 Å². The molecule has 0 bridgehead atoms. The average Bonchev–Trinajstić information content (AvgIpc) is 2.94. The maximum Gasteiger partial charge on any atom is 0.274 e. The predicted octanol–water partition coefficient (Wildman–Crippen LogP) is 2.03. The number of aromatic nitrogens is 2. The third-order valence-electron chi connectivity index (χ3n) is 3.88. The van der Waals surface area contributed by atoms with E-state index in [0.717, 1.165) is 37.7 Å². The van der Waals surface area contributed by atoms with Crippen LogP contribution in [0, 0.1) is 0 Å². The third-order valence-corrected chi connectivity index (χ3v) is 4.11. The average molecular weight is 319 g/mol. The van der Waals surface area contributed by atoms with E-state index in [0.29, 0.717) is 5.69 Å². The number of amides is 1. The fourth-order valence-electron chi connectivity index (χ4n) is 2.69. The van der Waals surface area contributed by atoms with Crippen LogP contribution < -0.4 is 0 Å². The van der Waals surface area contributed by atoms with Crippen LogP contribution in [0.2, 0.25) is 5.02 Å². The summed E-state index contributed by atoms with van der Waals surface area (Å²) in [6.45, 7) is 4.06. The molecule has 116 valence electrons. The zero-order valence-corrected chi connectivity index (χ0v) is 13.3. The van der Waals surface area contributed by atoms with E-state index in [-0.39, 0.29) is 5.91 Å². The van der Waals surface area contributed by atoms with Gasteiger partial charge in [-0.25, -0.2) is 4.98 Å². The Balaban J connectivity index is 1.55. The first-order valence-electron chi connectivity index (χ1n) is 7.36. The standard InChI is InChI=1S/C16H19ClN4O/c1-19-11-15(18-12-19)16(22)21-7-5-20(6-8-21)10-13-3-2-4-14(17)9-13/h2-4,9,11-12H,5-8,10H2,1H3. The Labute approximate surface area is 135 Å². The van der Waals surface area contributed by atoms with Crippen molar-refractivity contribution in [2.24, 2.45) is 7.05 Å². The van der Waals surface area contributed by atoms with Gasteiger partial charge in [0, 0.05) is 51.0 Å². The highest BCUT2D eigenvalue weighted by molar-refractivity contribution is 6.30. The van der Waals surface area contributed by atoms with Crippen LogP contribution in [0.25, 0.3) is 0 Å². The molecule has 5 nitrogen and oxygen atoms in total. The molecular formula is C16H19ClN4O. The number of imidazole rings is 1. The number of piperazine rings is 1. The molecule has 1 amide bonds. The van der Waals surface area contributed by atoms with Crippen molar-refractivity contribution in [1.82, 2.24) is 19.4 Å². The molecule has 1 fully saturated rings. The molecule has 6 heteroatoms. The number of halogens is 1. The zero-order valence-electron chi connectivity index (χ0n) is 12.6. The van der Waals surface area contributed by atoms with Gasteiger partial charge in [0.2, 0.25) is 0 Å². The number of carbonyl (C=O) groups is 1. The van der Waals surface area contributed by atoms with Crippen molar-refractivity contribution in [3.8, 4) is 0 Å². The largest absolute Gasteiger partial charge is 0.340 e. The van der Waals surface area contributed by atoms with Crippen molar-refractivity contribution in [3.63, 3.8) is 0 Å². The van der Waals surface area contributed by atoms with Crippen LogP contribution in [0.15, 0.2) is 36.8 Å². The first kappa shape index (κ1) is 15.1. The zero-order chi connectivity index (χ0) is 15.5. The predicted molar refractivity (Wildman–Crippen MR) is 85.8 cm³/mol. The first-order valence-corrected chi connectivity index (χ1v) is 7.73. The Morgan fingerprint density at radius 3 is 2.68 bits per heavy atom. The number of rotatable bonds is 3. The molecule has 22 heavy (non-hydrogen) atoms. The maximum absolute atomic E-state index is 12.3. The van der Waals surface area contributed by atoms with Gasteiger partial charge in [0.05, 0.1) is 6.33 Å². The van der Waals surface area contributed by atoms with Gasteiger partial charge in [-0.05, 0) is 17.7 Å². The summed E-state index contributed by atoms with van der Waals surface area (Å²) in [6.07, 6.45) is 3.42. The minimum Gasteiger partial charge on any atom is -0.340 e. The second-order valence-electron chi connectivity index (χ2n) is 5.62. The summed E-state index contributed by atoms with van der Waals surface area (Å²) in [5.74, 6) is 0.0167. The van der Waals surface area contributed by atoms with Gasteiger partial charge in [-0.15, -0.1) is 0 Å². The van der Waals surface area contributed by atoms with Gasteiger partial charge < -0.3 is 9.47 Å². The van der Waals surface area contributed by atoms with Gasteiger partial charge in [-0.1, -0.05) is 23.7 Å². The van der Waals surface area contributed by atoms with Gasteiger partial charge in [-0.3, -0.25) is 9.69 Å². The minimum absolute atomic E-state index is 0.0167. The van der Waals surface area contributed by atoms with Crippen molar-refractivity contribution in [3.05, 3.63) is 53.1 Å². The fraction of sp³-hybridized carbons (Fsp3) is 0.375. The highest BCUT2D eigenvalue weighted by atomic mass is 35.5. The van der Waals surface area contributed by atoms with Gasteiger partial charge >= 0.3 is 0 Å².